The highest BCUT2D eigenvalue weighted by Crippen LogP contribution is 2.23. The lowest BCUT2D eigenvalue weighted by Gasteiger charge is -2.22. The minimum Gasteiger partial charge on any atom is -0.378 e. The molecule has 0 amide bonds. The molecule has 1 aliphatic carbocycles. The molecular weight excluding hydrogens is 304 g/mol. The van der Waals surface area contributed by atoms with Gasteiger partial charge >= 0.3 is 0 Å². The largest absolute Gasteiger partial charge is 0.378 e. The van der Waals surface area contributed by atoms with Crippen LogP contribution in [0.3, 0.4) is 0 Å². The number of alkyl halides is 1. The van der Waals surface area contributed by atoms with Crippen molar-refractivity contribution in [1.29, 1.82) is 0 Å². The first-order chi connectivity index (χ1) is 9.27. The Labute approximate surface area is 126 Å². The maximum Gasteiger partial charge on any atom is 0.124 e. The molecule has 0 N–H and O–H groups in total. The van der Waals surface area contributed by atoms with Crippen molar-refractivity contribution in [3.05, 3.63) is 0 Å². The van der Waals surface area contributed by atoms with E-state index in [1.54, 1.807) is 0 Å². The zero-order chi connectivity index (χ0) is 13.9. The summed E-state index contributed by atoms with van der Waals surface area (Å²) in [6, 6.07) is 0. The number of unbranched alkanes of at least 4 members (excludes halogenated alkanes) is 1. The van der Waals surface area contributed by atoms with E-state index in [-0.39, 0.29) is 5.92 Å². The fourth-order valence-corrected chi connectivity index (χ4v) is 3.63. The molecule has 0 aromatic rings. The van der Waals surface area contributed by atoms with Crippen molar-refractivity contribution in [3.8, 4) is 0 Å². The van der Waals surface area contributed by atoms with Crippen molar-refractivity contribution < 1.29 is 9.53 Å². The molecule has 2 unspecified atom stereocenters. The minimum absolute atomic E-state index is 0.176. The fraction of sp³-hybridized carbons (Fsp3) is 0.938. The molecule has 0 aromatic carbocycles. The first kappa shape index (κ1) is 17.2. The van der Waals surface area contributed by atoms with Crippen LogP contribution in [0.1, 0.15) is 71.1 Å². The molecule has 0 spiro atoms. The van der Waals surface area contributed by atoms with Crippen LogP contribution in [0.15, 0.2) is 0 Å². The normalized spacial score (nSPS) is 20.1. The molecule has 0 bridgehead atoms. The molecule has 2 atom stereocenters. The maximum absolute atomic E-state index is 11.1. The molecule has 2 nitrogen and oxygen atoms in total. The number of carbonyl (C=O) groups is 1. The predicted molar refractivity (Wildman–Crippen MR) is 83.9 cm³/mol. The second kappa shape index (κ2) is 10.8. The zero-order valence-corrected chi connectivity index (χ0v) is 13.9. The Morgan fingerprint density at radius 3 is 2.58 bits per heavy atom. The van der Waals surface area contributed by atoms with Gasteiger partial charge in [0, 0.05) is 17.4 Å². The van der Waals surface area contributed by atoms with E-state index in [0.717, 1.165) is 45.0 Å². The fourth-order valence-electron chi connectivity index (χ4n) is 2.79. The summed E-state index contributed by atoms with van der Waals surface area (Å²) < 4.78 is 5.91. The molecular formula is C16H29BrO2. The Morgan fingerprint density at radius 2 is 1.95 bits per heavy atom. The molecule has 1 rings (SSSR count). The molecule has 1 fully saturated rings. The summed E-state index contributed by atoms with van der Waals surface area (Å²) in [5.74, 6) is 0.176. The van der Waals surface area contributed by atoms with Gasteiger partial charge in [-0.2, -0.15) is 0 Å². The number of rotatable bonds is 10. The van der Waals surface area contributed by atoms with Crippen molar-refractivity contribution >= 4 is 22.2 Å². The third-order valence-electron chi connectivity index (χ3n) is 4.04. The zero-order valence-electron chi connectivity index (χ0n) is 12.3. The monoisotopic (exact) mass is 332 g/mol. The average molecular weight is 333 g/mol. The lowest BCUT2D eigenvalue weighted by Crippen LogP contribution is -2.18. The maximum atomic E-state index is 11.1. The summed E-state index contributed by atoms with van der Waals surface area (Å²) >= 11 is 3.63. The highest BCUT2D eigenvalue weighted by molar-refractivity contribution is 9.09. The van der Waals surface area contributed by atoms with Crippen molar-refractivity contribution in [2.75, 3.05) is 6.61 Å². The third-order valence-corrected chi connectivity index (χ3v) is 5.18. The van der Waals surface area contributed by atoms with Gasteiger partial charge in [-0.05, 0) is 32.1 Å². The summed E-state index contributed by atoms with van der Waals surface area (Å²) in [5.41, 5.74) is 0. The summed E-state index contributed by atoms with van der Waals surface area (Å²) in [4.78, 5) is 11.4. The highest BCUT2D eigenvalue weighted by atomic mass is 79.9. The van der Waals surface area contributed by atoms with Crippen LogP contribution in [0, 0.1) is 5.92 Å². The molecule has 0 aliphatic heterocycles. The van der Waals surface area contributed by atoms with E-state index in [9.17, 15) is 4.79 Å². The van der Waals surface area contributed by atoms with Crippen LogP contribution < -0.4 is 0 Å². The summed E-state index contributed by atoms with van der Waals surface area (Å²) in [7, 11) is 0. The lowest BCUT2D eigenvalue weighted by atomic mass is 9.97. The molecule has 0 radical (unpaired) electrons. The Balaban J connectivity index is 2.03. The molecule has 1 saturated carbocycles. The summed E-state index contributed by atoms with van der Waals surface area (Å²) in [6.45, 7) is 3.03. The van der Waals surface area contributed by atoms with E-state index in [2.05, 4.69) is 22.9 Å². The SMILES string of the molecule is CCCC(Br)C(C=O)CCCCOC1CCCCC1. The van der Waals surface area contributed by atoms with E-state index in [1.807, 2.05) is 0 Å². The minimum atomic E-state index is 0.176. The number of hydrogen-bond donors (Lipinski definition) is 0. The van der Waals surface area contributed by atoms with Crippen molar-refractivity contribution in [1.82, 2.24) is 0 Å². The van der Waals surface area contributed by atoms with Crippen LogP contribution in [0.4, 0.5) is 0 Å². The molecule has 3 heteroatoms. The van der Waals surface area contributed by atoms with Crippen molar-refractivity contribution in [2.24, 2.45) is 5.92 Å². The molecule has 0 heterocycles. The van der Waals surface area contributed by atoms with Crippen molar-refractivity contribution in [2.45, 2.75) is 82.1 Å². The molecule has 0 aromatic heterocycles. The van der Waals surface area contributed by atoms with Gasteiger partial charge in [0.2, 0.25) is 0 Å². The van der Waals surface area contributed by atoms with Crippen LogP contribution >= 0.6 is 15.9 Å². The van der Waals surface area contributed by atoms with E-state index < -0.39 is 0 Å². The predicted octanol–water partition coefficient (Wildman–Crippen LogP) is 4.88. The highest BCUT2D eigenvalue weighted by Gasteiger charge is 2.17. The van der Waals surface area contributed by atoms with Gasteiger partial charge in [0.1, 0.15) is 6.29 Å². The van der Waals surface area contributed by atoms with E-state index in [0.29, 0.717) is 10.9 Å². The van der Waals surface area contributed by atoms with Gasteiger partial charge in [-0.25, -0.2) is 0 Å². The Kier molecular flexibility index (Phi) is 9.80. The van der Waals surface area contributed by atoms with Gasteiger partial charge in [-0.15, -0.1) is 0 Å². The second-order valence-electron chi connectivity index (χ2n) is 5.73. The van der Waals surface area contributed by atoms with Crippen LogP contribution in [-0.4, -0.2) is 23.8 Å². The molecule has 0 saturated heterocycles. The topological polar surface area (TPSA) is 26.3 Å². The first-order valence-electron chi connectivity index (χ1n) is 7.99. The van der Waals surface area contributed by atoms with E-state index >= 15 is 0 Å². The van der Waals surface area contributed by atoms with Gasteiger partial charge < -0.3 is 9.53 Å². The standard InChI is InChI=1S/C16H29BrO2/c1-2-8-16(17)14(13-18)9-6-7-12-19-15-10-4-3-5-11-15/h13-16H,2-12H2,1H3. The average Bonchev–Trinajstić information content (AvgIpc) is 2.44. The number of carbonyl (C=O) groups excluding carboxylic acids is 1. The van der Waals surface area contributed by atoms with Gasteiger partial charge in [0.05, 0.1) is 6.10 Å². The van der Waals surface area contributed by atoms with Gasteiger partial charge in [-0.3, -0.25) is 0 Å². The summed E-state index contributed by atoms with van der Waals surface area (Å²) in [6.07, 6.45) is 13.6. The molecule has 19 heavy (non-hydrogen) atoms. The van der Waals surface area contributed by atoms with Crippen molar-refractivity contribution in [3.63, 3.8) is 0 Å². The number of aldehydes is 1. The first-order valence-corrected chi connectivity index (χ1v) is 8.90. The molecule has 1 aliphatic rings. The van der Waals surface area contributed by atoms with E-state index in [4.69, 9.17) is 4.74 Å². The number of ether oxygens (including phenoxy) is 1. The van der Waals surface area contributed by atoms with Crippen LogP contribution in [-0.2, 0) is 9.53 Å². The van der Waals surface area contributed by atoms with Crippen LogP contribution in [0.5, 0.6) is 0 Å². The Bertz CT molecular complexity index is 227. The van der Waals surface area contributed by atoms with Gasteiger partial charge in [-0.1, -0.05) is 55.0 Å². The molecule has 112 valence electrons. The van der Waals surface area contributed by atoms with Gasteiger partial charge in [0.25, 0.3) is 0 Å². The second-order valence-corrected chi connectivity index (χ2v) is 6.91. The Hall–Kier alpha value is 0.110. The summed E-state index contributed by atoms with van der Waals surface area (Å²) in [5, 5.41) is 0. The van der Waals surface area contributed by atoms with E-state index in [1.165, 1.54) is 32.1 Å². The smallest absolute Gasteiger partial charge is 0.124 e. The van der Waals surface area contributed by atoms with Crippen LogP contribution in [0.25, 0.3) is 0 Å². The number of halogens is 1. The quantitative estimate of drug-likeness (QED) is 0.323. The third kappa shape index (κ3) is 7.45. The lowest BCUT2D eigenvalue weighted by molar-refractivity contribution is -0.111. The van der Waals surface area contributed by atoms with Gasteiger partial charge in [0.15, 0.2) is 0 Å². The Morgan fingerprint density at radius 1 is 1.21 bits per heavy atom. The van der Waals surface area contributed by atoms with Crippen LogP contribution in [0.2, 0.25) is 0 Å². The number of hydrogen-bond acceptors (Lipinski definition) is 2.